The molecule has 1 N–H and O–H groups in total. The minimum absolute atomic E-state index is 0.0862. The molecule has 30 heavy (non-hydrogen) atoms. The Balaban J connectivity index is 1.30. The van der Waals surface area contributed by atoms with Gasteiger partial charge in [0.25, 0.3) is 11.8 Å². The Morgan fingerprint density at radius 3 is 2.60 bits per heavy atom. The van der Waals surface area contributed by atoms with Gasteiger partial charge in [0.2, 0.25) is 11.8 Å². The van der Waals surface area contributed by atoms with Crippen LogP contribution in [0.2, 0.25) is 0 Å². The molecule has 0 radical (unpaired) electrons. The van der Waals surface area contributed by atoms with Crippen molar-refractivity contribution in [2.45, 2.75) is 50.7 Å². The summed E-state index contributed by atoms with van der Waals surface area (Å²) in [6.07, 6.45) is 3.75. The van der Waals surface area contributed by atoms with Crippen molar-refractivity contribution in [3.8, 4) is 5.75 Å². The first-order chi connectivity index (χ1) is 14.5. The molecule has 1 aromatic heterocycles. The Morgan fingerprint density at radius 1 is 1.07 bits per heavy atom. The van der Waals surface area contributed by atoms with E-state index in [2.05, 4.69) is 15.5 Å². The van der Waals surface area contributed by atoms with Gasteiger partial charge in [-0.05, 0) is 37.5 Å². The highest BCUT2D eigenvalue weighted by Crippen LogP contribution is 2.37. The number of hydrogen-bond donors (Lipinski definition) is 1. The molecule has 3 heterocycles. The van der Waals surface area contributed by atoms with Gasteiger partial charge in [-0.25, -0.2) is 0 Å². The largest absolute Gasteiger partial charge is 0.486 e. The third kappa shape index (κ3) is 3.17. The van der Waals surface area contributed by atoms with E-state index in [-0.39, 0.29) is 30.6 Å². The van der Waals surface area contributed by atoms with Gasteiger partial charge in [-0.15, -0.1) is 10.2 Å². The number of imide groups is 2. The van der Waals surface area contributed by atoms with Crippen molar-refractivity contribution in [2.24, 2.45) is 0 Å². The average molecular weight is 426 g/mol. The van der Waals surface area contributed by atoms with Crippen molar-refractivity contribution in [3.05, 3.63) is 39.3 Å². The van der Waals surface area contributed by atoms with Crippen molar-refractivity contribution in [1.29, 1.82) is 0 Å². The smallest absolute Gasteiger partial charge is 0.262 e. The minimum atomic E-state index is -0.981. The van der Waals surface area contributed by atoms with Crippen LogP contribution in [0.1, 0.15) is 68.8 Å². The van der Waals surface area contributed by atoms with Gasteiger partial charge in [0.15, 0.2) is 5.01 Å². The lowest BCUT2D eigenvalue weighted by molar-refractivity contribution is -0.136. The number of hydrogen-bond acceptors (Lipinski definition) is 8. The second-order valence-corrected chi connectivity index (χ2v) is 8.70. The van der Waals surface area contributed by atoms with Crippen LogP contribution in [0.5, 0.6) is 5.75 Å². The maximum Gasteiger partial charge on any atom is 0.262 e. The molecule has 2 aliphatic heterocycles. The van der Waals surface area contributed by atoms with E-state index in [9.17, 15) is 19.2 Å². The lowest BCUT2D eigenvalue weighted by Gasteiger charge is -2.27. The molecule has 0 bridgehead atoms. The van der Waals surface area contributed by atoms with Crippen LogP contribution in [0.4, 0.5) is 0 Å². The summed E-state index contributed by atoms with van der Waals surface area (Å²) in [6, 6.07) is 3.67. The number of carbonyl (C=O) groups is 4. The Kier molecular flexibility index (Phi) is 4.58. The second kappa shape index (κ2) is 7.28. The number of amides is 4. The van der Waals surface area contributed by atoms with Crippen LogP contribution in [-0.4, -0.2) is 44.8 Å². The Morgan fingerprint density at radius 2 is 1.87 bits per heavy atom. The molecule has 1 aromatic carbocycles. The molecule has 1 saturated heterocycles. The van der Waals surface area contributed by atoms with Gasteiger partial charge in [0, 0.05) is 12.3 Å². The normalized spacial score (nSPS) is 21.5. The highest BCUT2D eigenvalue weighted by Gasteiger charge is 2.44. The molecule has 1 unspecified atom stereocenters. The summed E-state index contributed by atoms with van der Waals surface area (Å²) in [7, 11) is 0. The summed E-state index contributed by atoms with van der Waals surface area (Å²) < 4.78 is 5.76. The van der Waals surface area contributed by atoms with E-state index in [1.807, 2.05) is 0 Å². The van der Waals surface area contributed by atoms with E-state index in [0.29, 0.717) is 11.7 Å². The fourth-order valence-corrected chi connectivity index (χ4v) is 4.75. The van der Waals surface area contributed by atoms with Crippen LogP contribution < -0.4 is 10.1 Å². The van der Waals surface area contributed by atoms with Crippen LogP contribution in [0.25, 0.3) is 0 Å². The molecule has 1 atom stereocenters. The van der Waals surface area contributed by atoms with Gasteiger partial charge in [-0.3, -0.25) is 29.4 Å². The summed E-state index contributed by atoms with van der Waals surface area (Å²) in [6.45, 7) is 0.224. The number of carbonyl (C=O) groups excluding carboxylic acids is 4. The van der Waals surface area contributed by atoms with Gasteiger partial charge >= 0.3 is 0 Å². The minimum Gasteiger partial charge on any atom is -0.486 e. The van der Waals surface area contributed by atoms with Crippen molar-refractivity contribution >= 4 is 35.0 Å². The number of benzene rings is 1. The van der Waals surface area contributed by atoms with E-state index in [1.165, 1.54) is 29.9 Å². The zero-order chi connectivity index (χ0) is 20.8. The number of nitrogens with zero attached hydrogens (tertiary/aromatic N) is 3. The zero-order valence-electron chi connectivity index (χ0n) is 15.9. The molecule has 4 amide bonds. The van der Waals surface area contributed by atoms with Crippen LogP contribution in [-0.2, 0) is 16.2 Å². The molecule has 9 nitrogen and oxygen atoms in total. The standard InChI is InChI=1S/C20H18N4O5S/c25-15-7-6-14(17(26)21-15)24-19(27)12-5-4-11(8-13(12)20(24)28)29-9-16-22-23-18(30-16)10-2-1-3-10/h4-5,8,10,14H,1-3,6-7,9H2,(H,21,25,26). The summed E-state index contributed by atoms with van der Waals surface area (Å²) in [5, 5.41) is 12.4. The first-order valence-electron chi connectivity index (χ1n) is 9.82. The average Bonchev–Trinajstić information content (AvgIpc) is 3.23. The predicted molar refractivity (Wildman–Crippen MR) is 104 cm³/mol. The summed E-state index contributed by atoms with van der Waals surface area (Å²) in [4.78, 5) is 50.0. The SMILES string of the molecule is O=C1CCC(N2C(=O)c3ccc(OCc4nnc(C5CCC5)s4)cc3C2=O)C(=O)N1. The third-order valence-corrected chi connectivity index (χ3v) is 6.77. The molecule has 0 spiro atoms. The van der Waals surface area contributed by atoms with Crippen LogP contribution in [0.15, 0.2) is 18.2 Å². The molecule has 2 fully saturated rings. The molecular formula is C20H18N4O5S. The first kappa shape index (κ1) is 18.9. The fraction of sp³-hybridized carbons (Fsp3) is 0.400. The van der Waals surface area contributed by atoms with Gasteiger partial charge < -0.3 is 4.74 Å². The highest BCUT2D eigenvalue weighted by molar-refractivity contribution is 7.11. The Bertz CT molecular complexity index is 1080. The lowest BCUT2D eigenvalue weighted by atomic mass is 9.86. The fourth-order valence-electron chi connectivity index (χ4n) is 3.83. The van der Waals surface area contributed by atoms with Gasteiger partial charge in [-0.2, -0.15) is 0 Å². The molecule has 154 valence electrons. The van der Waals surface area contributed by atoms with Crippen LogP contribution in [0.3, 0.4) is 0 Å². The van der Waals surface area contributed by atoms with Crippen molar-refractivity contribution in [1.82, 2.24) is 20.4 Å². The van der Waals surface area contributed by atoms with Crippen molar-refractivity contribution in [3.63, 3.8) is 0 Å². The number of nitrogens with one attached hydrogen (secondary N) is 1. The van der Waals surface area contributed by atoms with Crippen LogP contribution >= 0.6 is 11.3 Å². The topological polar surface area (TPSA) is 119 Å². The van der Waals surface area contributed by atoms with Gasteiger partial charge in [-0.1, -0.05) is 17.8 Å². The number of piperidine rings is 1. The molecular weight excluding hydrogens is 408 g/mol. The van der Waals surface area contributed by atoms with E-state index in [1.54, 1.807) is 6.07 Å². The van der Waals surface area contributed by atoms with Crippen molar-refractivity contribution in [2.75, 3.05) is 0 Å². The van der Waals surface area contributed by atoms with Crippen LogP contribution in [0, 0.1) is 0 Å². The molecule has 1 aliphatic carbocycles. The van der Waals surface area contributed by atoms with Gasteiger partial charge in [0.1, 0.15) is 23.4 Å². The lowest BCUT2D eigenvalue weighted by Crippen LogP contribution is -2.54. The number of fused-ring (bicyclic) bond motifs is 1. The quantitative estimate of drug-likeness (QED) is 0.724. The molecule has 2 aromatic rings. The third-order valence-electron chi connectivity index (χ3n) is 5.71. The highest BCUT2D eigenvalue weighted by atomic mass is 32.1. The monoisotopic (exact) mass is 426 g/mol. The molecule has 1 saturated carbocycles. The first-order valence-corrected chi connectivity index (χ1v) is 10.6. The summed E-state index contributed by atoms with van der Waals surface area (Å²) in [5.41, 5.74) is 0.412. The number of ether oxygens (including phenoxy) is 1. The molecule has 10 heteroatoms. The van der Waals surface area contributed by atoms with E-state index < -0.39 is 29.7 Å². The zero-order valence-corrected chi connectivity index (χ0v) is 16.7. The van der Waals surface area contributed by atoms with E-state index >= 15 is 0 Å². The number of aromatic nitrogens is 2. The molecule has 3 aliphatic rings. The molecule has 5 rings (SSSR count). The summed E-state index contributed by atoms with van der Waals surface area (Å²) in [5.74, 6) is -1.18. The number of rotatable bonds is 5. The Labute approximate surface area is 175 Å². The maximum atomic E-state index is 12.8. The van der Waals surface area contributed by atoms with E-state index in [0.717, 1.165) is 27.8 Å². The predicted octanol–water partition coefficient (Wildman–Crippen LogP) is 1.79. The van der Waals surface area contributed by atoms with Crippen molar-refractivity contribution < 1.29 is 23.9 Å². The second-order valence-electron chi connectivity index (χ2n) is 7.61. The Hall–Kier alpha value is -3.14. The van der Waals surface area contributed by atoms with Gasteiger partial charge in [0.05, 0.1) is 11.1 Å². The van der Waals surface area contributed by atoms with E-state index in [4.69, 9.17) is 4.74 Å². The summed E-state index contributed by atoms with van der Waals surface area (Å²) >= 11 is 1.53. The maximum absolute atomic E-state index is 12.8.